The molecule has 0 atom stereocenters. The SMILES string of the molecule is CCCCCCCCCCCCCCCCCCCCCC[N+](C)(C)C.CS(=O)(=O)[O-]. The number of hydrogen-bond acceptors (Lipinski definition) is 3. The Labute approximate surface area is 196 Å². The predicted octanol–water partition coefficient (Wildman–Crippen LogP) is 7.68. The van der Waals surface area contributed by atoms with E-state index in [-0.39, 0.29) is 0 Å². The third-order valence-electron chi connectivity index (χ3n) is 5.68. The molecule has 0 saturated heterocycles. The van der Waals surface area contributed by atoms with Crippen LogP contribution in [0.4, 0.5) is 0 Å². The van der Waals surface area contributed by atoms with E-state index >= 15 is 0 Å². The molecule has 0 aromatic heterocycles. The van der Waals surface area contributed by atoms with Gasteiger partial charge in [0.1, 0.15) is 0 Å². The minimum Gasteiger partial charge on any atom is -0.748 e. The topological polar surface area (TPSA) is 57.2 Å². The molecule has 0 unspecified atom stereocenters. The first-order valence-corrected chi connectivity index (χ1v) is 15.1. The van der Waals surface area contributed by atoms with Gasteiger partial charge in [0.15, 0.2) is 0 Å². The molecule has 0 fully saturated rings. The van der Waals surface area contributed by atoms with Crippen LogP contribution in [0.15, 0.2) is 0 Å². The second-order valence-corrected chi connectivity index (χ2v) is 11.8. The fraction of sp³-hybridized carbons (Fsp3) is 1.00. The van der Waals surface area contributed by atoms with Gasteiger partial charge in [0.2, 0.25) is 0 Å². The van der Waals surface area contributed by atoms with E-state index in [4.69, 9.17) is 13.0 Å². The van der Waals surface area contributed by atoms with Crippen molar-refractivity contribution in [3.63, 3.8) is 0 Å². The van der Waals surface area contributed by atoms with Gasteiger partial charge in [-0.15, -0.1) is 0 Å². The van der Waals surface area contributed by atoms with Crippen molar-refractivity contribution in [1.29, 1.82) is 0 Å². The third kappa shape index (κ3) is 44.4. The Morgan fingerprint density at radius 2 is 0.710 bits per heavy atom. The lowest BCUT2D eigenvalue weighted by atomic mass is 10.0. The maximum absolute atomic E-state index is 9.08. The van der Waals surface area contributed by atoms with Crippen LogP contribution in [-0.2, 0) is 10.1 Å². The highest BCUT2D eigenvalue weighted by atomic mass is 32.2. The molecule has 0 aromatic carbocycles. The quantitative estimate of drug-likeness (QED) is 0.0996. The highest BCUT2D eigenvalue weighted by molar-refractivity contribution is 7.84. The van der Waals surface area contributed by atoms with Gasteiger partial charge in [0, 0.05) is 6.26 Å². The molecule has 0 bridgehead atoms. The van der Waals surface area contributed by atoms with Crippen molar-refractivity contribution in [2.24, 2.45) is 0 Å². The van der Waals surface area contributed by atoms with Crippen LogP contribution in [0, 0.1) is 0 Å². The maximum Gasteiger partial charge on any atom is 0.0916 e. The van der Waals surface area contributed by atoms with Crippen molar-refractivity contribution in [3.8, 4) is 0 Å². The normalized spacial score (nSPS) is 11.9. The molecule has 31 heavy (non-hydrogen) atoms. The monoisotopic (exact) mass is 463 g/mol. The largest absolute Gasteiger partial charge is 0.748 e. The fourth-order valence-corrected chi connectivity index (χ4v) is 3.84. The summed E-state index contributed by atoms with van der Waals surface area (Å²) in [4.78, 5) is 0. The molecule has 0 rings (SSSR count). The fourth-order valence-electron chi connectivity index (χ4n) is 3.84. The van der Waals surface area contributed by atoms with Crippen molar-refractivity contribution < 1.29 is 17.5 Å². The predicted molar refractivity (Wildman–Crippen MR) is 137 cm³/mol. The molecule has 0 aromatic rings. The summed E-state index contributed by atoms with van der Waals surface area (Å²) in [6, 6.07) is 0. The van der Waals surface area contributed by atoms with Crippen molar-refractivity contribution in [2.75, 3.05) is 33.9 Å². The Morgan fingerprint density at radius 3 is 0.903 bits per heavy atom. The number of nitrogens with zero attached hydrogens (tertiary/aromatic N) is 1. The Kier molecular flexibility index (Phi) is 24.6. The lowest BCUT2D eigenvalue weighted by molar-refractivity contribution is -0.870. The molecule has 0 aliphatic carbocycles. The average molecular weight is 464 g/mol. The summed E-state index contributed by atoms with van der Waals surface area (Å²) < 4.78 is 28.4. The smallest absolute Gasteiger partial charge is 0.0916 e. The molecule has 4 nitrogen and oxygen atoms in total. The Balaban J connectivity index is 0. The Bertz CT molecular complexity index is 436. The first-order valence-electron chi connectivity index (χ1n) is 13.3. The van der Waals surface area contributed by atoms with Gasteiger partial charge >= 0.3 is 0 Å². The van der Waals surface area contributed by atoms with Crippen LogP contribution in [0.2, 0.25) is 0 Å². The number of rotatable bonds is 21. The molecule has 0 radical (unpaired) electrons. The van der Waals surface area contributed by atoms with Crippen LogP contribution in [0.1, 0.15) is 135 Å². The van der Waals surface area contributed by atoms with Crippen molar-refractivity contribution in [2.45, 2.75) is 135 Å². The van der Waals surface area contributed by atoms with Crippen molar-refractivity contribution in [1.82, 2.24) is 0 Å². The van der Waals surface area contributed by atoms with Crippen LogP contribution in [0.25, 0.3) is 0 Å². The first-order chi connectivity index (χ1) is 14.6. The molecule has 0 saturated carbocycles. The maximum atomic E-state index is 9.08. The molecule has 0 spiro atoms. The highest BCUT2D eigenvalue weighted by Gasteiger charge is 2.04. The lowest BCUT2D eigenvalue weighted by Gasteiger charge is -2.23. The van der Waals surface area contributed by atoms with E-state index in [1.54, 1.807) is 0 Å². The van der Waals surface area contributed by atoms with E-state index < -0.39 is 10.1 Å². The van der Waals surface area contributed by atoms with Gasteiger partial charge in [-0.3, -0.25) is 0 Å². The van der Waals surface area contributed by atoms with Crippen LogP contribution >= 0.6 is 0 Å². The second kappa shape index (κ2) is 23.0. The minimum absolute atomic E-state index is 0.604. The van der Waals surface area contributed by atoms with Crippen LogP contribution in [0.3, 0.4) is 0 Å². The number of quaternary nitrogens is 1. The Hall–Kier alpha value is -0.130. The van der Waals surface area contributed by atoms with Gasteiger partial charge in [-0.25, -0.2) is 8.42 Å². The van der Waals surface area contributed by atoms with Crippen LogP contribution in [0.5, 0.6) is 0 Å². The zero-order valence-electron chi connectivity index (χ0n) is 21.9. The van der Waals surface area contributed by atoms with Gasteiger partial charge in [0.25, 0.3) is 0 Å². The molecular formula is C26H57NO3S. The van der Waals surface area contributed by atoms with Crippen LogP contribution < -0.4 is 0 Å². The average Bonchev–Trinajstić information content (AvgIpc) is 2.64. The molecule has 0 amide bonds. The van der Waals surface area contributed by atoms with E-state index in [2.05, 4.69) is 28.1 Å². The second-order valence-electron chi connectivity index (χ2n) is 10.4. The molecule has 0 N–H and O–H groups in total. The minimum atomic E-state index is -3.92. The molecular weight excluding hydrogens is 406 g/mol. The summed E-state index contributed by atoms with van der Waals surface area (Å²) in [5, 5.41) is 0. The van der Waals surface area contributed by atoms with Gasteiger partial charge in [-0.1, -0.05) is 122 Å². The number of hydrogen-bond donors (Lipinski definition) is 0. The molecule has 5 heteroatoms. The van der Waals surface area contributed by atoms with Gasteiger partial charge in [-0.05, 0) is 12.8 Å². The molecule has 190 valence electrons. The summed E-state index contributed by atoms with van der Waals surface area (Å²) >= 11 is 0. The molecule has 0 aliphatic rings. The van der Waals surface area contributed by atoms with E-state index in [0.717, 1.165) is 4.48 Å². The highest BCUT2D eigenvalue weighted by Crippen LogP contribution is 2.14. The first kappa shape index (κ1) is 33.0. The lowest BCUT2D eigenvalue weighted by Crippen LogP contribution is -2.35. The Morgan fingerprint density at radius 1 is 0.516 bits per heavy atom. The summed E-state index contributed by atoms with van der Waals surface area (Å²) in [7, 11) is 2.99. The molecule has 0 aliphatic heterocycles. The van der Waals surface area contributed by atoms with E-state index in [1.165, 1.54) is 135 Å². The zero-order valence-corrected chi connectivity index (χ0v) is 22.7. The number of unbranched alkanes of at least 4 members (excludes halogenated alkanes) is 19. The van der Waals surface area contributed by atoms with Gasteiger partial charge < -0.3 is 9.04 Å². The zero-order chi connectivity index (χ0) is 23.8. The molecule has 0 heterocycles. The standard InChI is InChI=1S/C25H54N.CH4O3S/c1-5-6-7-8-9-10-11-12-13-14-15-16-17-18-19-20-21-22-23-24-25-26(2,3)4;1-5(2,3)4/h5-25H2,1-4H3;1H3,(H,2,3,4)/q+1;/p-1. The van der Waals surface area contributed by atoms with Crippen molar-refractivity contribution in [3.05, 3.63) is 0 Å². The third-order valence-corrected chi connectivity index (χ3v) is 5.68. The van der Waals surface area contributed by atoms with Crippen LogP contribution in [-0.4, -0.2) is 51.4 Å². The van der Waals surface area contributed by atoms with Gasteiger partial charge in [-0.2, -0.15) is 0 Å². The van der Waals surface area contributed by atoms with Gasteiger partial charge in [0.05, 0.1) is 37.8 Å². The van der Waals surface area contributed by atoms with E-state index in [9.17, 15) is 0 Å². The summed E-state index contributed by atoms with van der Waals surface area (Å²) in [5.41, 5.74) is 0. The summed E-state index contributed by atoms with van der Waals surface area (Å²) in [6.07, 6.45) is 29.9. The van der Waals surface area contributed by atoms with Crippen molar-refractivity contribution >= 4 is 10.1 Å². The summed E-state index contributed by atoms with van der Waals surface area (Å²) in [6.45, 7) is 3.63. The summed E-state index contributed by atoms with van der Waals surface area (Å²) in [5.74, 6) is 0. The van der Waals surface area contributed by atoms with E-state index in [1.807, 2.05) is 0 Å². The van der Waals surface area contributed by atoms with E-state index in [0.29, 0.717) is 6.26 Å².